The van der Waals surface area contributed by atoms with E-state index in [1.54, 1.807) is 6.07 Å². The minimum atomic E-state index is -4.33. The van der Waals surface area contributed by atoms with E-state index in [1.165, 1.54) is 12.1 Å². The van der Waals surface area contributed by atoms with Crippen LogP contribution in [0.1, 0.15) is 35.6 Å². The Labute approximate surface area is 185 Å². The molecule has 5 nitrogen and oxygen atoms in total. The number of hydrogen-bond acceptors (Lipinski definition) is 4. The van der Waals surface area contributed by atoms with Gasteiger partial charge in [-0.1, -0.05) is 24.3 Å². The van der Waals surface area contributed by atoms with Crippen LogP contribution in [0.2, 0.25) is 0 Å². The summed E-state index contributed by atoms with van der Waals surface area (Å²) in [5, 5.41) is 4.85. The van der Waals surface area contributed by atoms with Gasteiger partial charge in [-0.25, -0.2) is 4.68 Å². The SMILES string of the molecule is Nc1c(CN2CCN(c3cccc(C(F)(F)F)c3)CC2)c(C2CC2)nn1-c1ccccc1. The molecule has 2 heterocycles. The van der Waals surface area contributed by atoms with Gasteiger partial charge in [0.2, 0.25) is 0 Å². The number of hydrogen-bond donors (Lipinski definition) is 1. The molecule has 1 aromatic heterocycles. The second-order valence-corrected chi connectivity index (χ2v) is 8.58. The van der Waals surface area contributed by atoms with Crippen LogP contribution in [-0.4, -0.2) is 40.9 Å². The van der Waals surface area contributed by atoms with Gasteiger partial charge in [0, 0.05) is 49.9 Å². The lowest BCUT2D eigenvalue weighted by molar-refractivity contribution is -0.137. The first kappa shape index (κ1) is 20.9. The molecule has 2 N–H and O–H groups in total. The maximum absolute atomic E-state index is 13.1. The summed E-state index contributed by atoms with van der Waals surface area (Å²) in [7, 11) is 0. The first-order valence-corrected chi connectivity index (χ1v) is 11.0. The number of nitrogen functional groups attached to an aromatic ring is 1. The number of alkyl halides is 3. The molecule has 168 valence electrons. The summed E-state index contributed by atoms with van der Waals surface area (Å²) in [5.74, 6) is 1.15. The summed E-state index contributed by atoms with van der Waals surface area (Å²) < 4.78 is 41.0. The largest absolute Gasteiger partial charge is 0.416 e. The molecule has 0 amide bonds. The fourth-order valence-corrected chi connectivity index (χ4v) is 4.36. The summed E-state index contributed by atoms with van der Waals surface area (Å²) in [6, 6.07) is 15.5. The zero-order valence-electron chi connectivity index (χ0n) is 17.7. The Balaban J connectivity index is 1.30. The molecule has 3 aromatic rings. The molecule has 0 bridgehead atoms. The fraction of sp³-hybridized carbons (Fsp3) is 0.375. The van der Waals surface area contributed by atoms with E-state index in [4.69, 9.17) is 10.8 Å². The molecule has 32 heavy (non-hydrogen) atoms. The maximum atomic E-state index is 13.1. The Morgan fingerprint density at radius 3 is 2.25 bits per heavy atom. The van der Waals surface area contributed by atoms with Crippen molar-refractivity contribution < 1.29 is 13.2 Å². The average Bonchev–Trinajstić information content (AvgIpc) is 3.59. The van der Waals surface area contributed by atoms with Crippen molar-refractivity contribution in [3.8, 4) is 5.69 Å². The number of piperazine rings is 1. The molecule has 1 aliphatic heterocycles. The van der Waals surface area contributed by atoms with Crippen molar-refractivity contribution >= 4 is 11.5 Å². The second kappa shape index (κ2) is 8.16. The van der Waals surface area contributed by atoms with Gasteiger partial charge in [-0.3, -0.25) is 4.90 Å². The van der Waals surface area contributed by atoms with Gasteiger partial charge in [0.1, 0.15) is 5.82 Å². The highest BCUT2D eigenvalue weighted by Gasteiger charge is 2.33. The van der Waals surface area contributed by atoms with Crippen LogP contribution >= 0.6 is 0 Å². The Bertz CT molecular complexity index is 1080. The lowest BCUT2D eigenvalue weighted by Gasteiger charge is -2.36. The number of nitrogens with two attached hydrogens (primary N) is 1. The predicted octanol–water partition coefficient (Wildman–Crippen LogP) is 4.67. The maximum Gasteiger partial charge on any atom is 0.416 e. The van der Waals surface area contributed by atoms with E-state index < -0.39 is 11.7 Å². The monoisotopic (exact) mass is 441 g/mol. The Hall–Kier alpha value is -3.00. The van der Waals surface area contributed by atoms with E-state index >= 15 is 0 Å². The Morgan fingerprint density at radius 2 is 1.59 bits per heavy atom. The van der Waals surface area contributed by atoms with Crippen molar-refractivity contribution in [3.05, 3.63) is 71.4 Å². The lowest BCUT2D eigenvalue weighted by Crippen LogP contribution is -2.46. The Morgan fingerprint density at radius 1 is 0.906 bits per heavy atom. The van der Waals surface area contributed by atoms with E-state index in [1.807, 2.05) is 39.9 Å². The molecule has 0 spiro atoms. The van der Waals surface area contributed by atoms with Gasteiger partial charge in [-0.05, 0) is 43.2 Å². The summed E-state index contributed by atoms with van der Waals surface area (Å²) >= 11 is 0. The van der Waals surface area contributed by atoms with E-state index in [0.717, 1.165) is 48.9 Å². The number of anilines is 2. The van der Waals surface area contributed by atoms with Crippen LogP contribution in [-0.2, 0) is 12.7 Å². The molecule has 1 saturated heterocycles. The molecule has 1 saturated carbocycles. The van der Waals surface area contributed by atoms with Crippen LogP contribution < -0.4 is 10.6 Å². The molecule has 8 heteroatoms. The van der Waals surface area contributed by atoms with Crippen LogP contribution in [0.3, 0.4) is 0 Å². The van der Waals surface area contributed by atoms with Crippen LogP contribution in [0, 0.1) is 0 Å². The minimum absolute atomic E-state index is 0.476. The average molecular weight is 442 g/mol. The fourth-order valence-electron chi connectivity index (χ4n) is 4.36. The number of nitrogens with zero attached hydrogens (tertiary/aromatic N) is 4. The van der Waals surface area contributed by atoms with Crippen LogP contribution in [0.5, 0.6) is 0 Å². The highest BCUT2D eigenvalue weighted by atomic mass is 19.4. The first-order chi connectivity index (χ1) is 15.4. The summed E-state index contributed by atoms with van der Waals surface area (Å²) in [6.45, 7) is 3.58. The first-order valence-electron chi connectivity index (χ1n) is 11.0. The zero-order chi connectivity index (χ0) is 22.3. The molecule has 2 aromatic carbocycles. The van der Waals surface area contributed by atoms with Crippen molar-refractivity contribution in [2.24, 2.45) is 0 Å². The molecular weight excluding hydrogens is 415 g/mol. The van der Waals surface area contributed by atoms with Crippen molar-refractivity contribution in [2.75, 3.05) is 36.8 Å². The molecule has 1 aliphatic carbocycles. The van der Waals surface area contributed by atoms with E-state index in [9.17, 15) is 13.2 Å². The molecule has 5 rings (SSSR count). The van der Waals surface area contributed by atoms with Crippen molar-refractivity contribution in [3.63, 3.8) is 0 Å². The predicted molar refractivity (Wildman–Crippen MR) is 119 cm³/mol. The number of para-hydroxylation sites is 1. The van der Waals surface area contributed by atoms with Crippen LogP contribution in [0.15, 0.2) is 54.6 Å². The van der Waals surface area contributed by atoms with Crippen LogP contribution in [0.4, 0.5) is 24.7 Å². The number of aromatic nitrogens is 2. The highest BCUT2D eigenvalue weighted by Crippen LogP contribution is 2.43. The quantitative estimate of drug-likeness (QED) is 0.625. The number of benzene rings is 2. The van der Waals surface area contributed by atoms with E-state index in [0.29, 0.717) is 37.1 Å². The van der Waals surface area contributed by atoms with Gasteiger partial charge in [0.05, 0.1) is 16.9 Å². The Kier molecular flexibility index (Phi) is 5.33. The highest BCUT2D eigenvalue weighted by molar-refractivity contribution is 5.52. The smallest absolute Gasteiger partial charge is 0.383 e. The van der Waals surface area contributed by atoms with Gasteiger partial charge in [-0.15, -0.1) is 0 Å². The van der Waals surface area contributed by atoms with Gasteiger partial charge in [-0.2, -0.15) is 18.3 Å². The summed E-state index contributed by atoms with van der Waals surface area (Å²) in [5.41, 5.74) is 9.70. The van der Waals surface area contributed by atoms with Crippen molar-refractivity contribution in [2.45, 2.75) is 31.5 Å². The summed E-state index contributed by atoms with van der Waals surface area (Å²) in [6.07, 6.45) is -2.05. The van der Waals surface area contributed by atoms with Crippen molar-refractivity contribution in [1.29, 1.82) is 0 Å². The second-order valence-electron chi connectivity index (χ2n) is 8.58. The van der Waals surface area contributed by atoms with Crippen molar-refractivity contribution in [1.82, 2.24) is 14.7 Å². The normalized spacial score (nSPS) is 17.7. The molecule has 0 atom stereocenters. The summed E-state index contributed by atoms with van der Waals surface area (Å²) in [4.78, 5) is 4.34. The third-order valence-electron chi connectivity index (χ3n) is 6.31. The molecule has 0 unspecified atom stereocenters. The third kappa shape index (κ3) is 4.19. The molecule has 0 radical (unpaired) electrons. The third-order valence-corrected chi connectivity index (χ3v) is 6.31. The number of halogens is 3. The molecular formula is C24H26F3N5. The standard InChI is InChI=1S/C24H26F3N5/c25-24(26,27)18-5-4-8-20(15-18)31-13-11-30(12-14-31)16-21-22(17-9-10-17)29-32(23(21)28)19-6-2-1-3-7-19/h1-8,15,17H,9-14,16,28H2. The minimum Gasteiger partial charge on any atom is -0.383 e. The van der Waals surface area contributed by atoms with Crippen LogP contribution in [0.25, 0.3) is 5.69 Å². The topological polar surface area (TPSA) is 50.3 Å². The van der Waals surface area contributed by atoms with E-state index in [2.05, 4.69) is 4.90 Å². The lowest BCUT2D eigenvalue weighted by atomic mass is 10.1. The molecule has 2 aliphatic rings. The molecule has 2 fully saturated rings. The van der Waals surface area contributed by atoms with Gasteiger partial charge < -0.3 is 10.6 Å². The zero-order valence-corrected chi connectivity index (χ0v) is 17.7. The van der Waals surface area contributed by atoms with E-state index in [-0.39, 0.29) is 0 Å². The van der Waals surface area contributed by atoms with Gasteiger partial charge >= 0.3 is 6.18 Å². The number of rotatable bonds is 5. The van der Waals surface area contributed by atoms with Gasteiger partial charge in [0.25, 0.3) is 0 Å². The van der Waals surface area contributed by atoms with Gasteiger partial charge in [0.15, 0.2) is 0 Å².